The van der Waals surface area contributed by atoms with E-state index in [9.17, 15) is 4.79 Å². The molecular weight excluding hydrogens is 354 g/mol. The Morgan fingerprint density at radius 3 is 2.65 bits per heavy atom. The molecule has 0 aliphatic heterocycles. The topological polar surface area (TPSA) is 77.2 Å². The first kappa shape index (κ1) is 16.6. The standard InChI is InChI=1S/C19H16ClN3O3/c1-25-16-9-8-14(10-15(16)20)21-18(24)12-4-2-11(3-5-12)17-22-19(26-23-17)13-6-7-13/h2-5,8-10,13H,6-7H2,1H3,(H,21,24). The number of ether oxygens (including phenoxy) is 1. The van der Waals surface area contributed by atoms with Gasteiger partial charge in [0.15, 0.2) is 0 Å². The van der Waals surface area contributed by atoms with Crippen LogP contribution in [0.3, 0.4) is 0 Å². The molecule has 1 aliphatic rings. The largest absolute Gasteiger partial charge is 0.495 e. The highest BCUT2D eigenvalue weighted by Crippen LogP contribution is 2.39. The molecule has 2 aromatic carbocycles. The van der Waals surface area contributed by atoms with Crippen LogP contribution in [-0.4, -0.2) is 23.2 Å². The lowest BCUT2D eigenvalue weighted by atomic mass is 10.1. The average Bonchev–Trinajstić information content (AvgIpc) is 3.39. The zero-order valence-corrected chi connectivity index (χ0v) is 14.8. The molecule has 1 saturated carbocycles. The number of carbonyl (C=O) groups is 1. The minimum atomic E-state index is -0.232. The van der Waals surface area contributed by atoms with E-state index in [1.807, 2.05) is 0 Å². The molecule has 0 spiro atoms. The Bertz CT molecular complexity index is 949. The Kier molecular flexibility index (Phi) is 4.34. The minimum Gasteiger partial charge on any atom is -0.495 e. The molecule has 6 nitrogen and oxygen atoms in total. The number of halogens is 1. The molecule has 0 radical (unpaired) electrons. The van der Waals surface area contributed by atoms with Crippen LogP contribution in [0.25, 0.3) is 11.4 Å². The second kappa shape index (κ2) is 6.80. The van der Waals surface area contributed by atoms with Crippen molar-refractivity contribution in [3.05, 3.63) is 58.9 Å². The molecule has 26 heavy (non-hydrogen) atoms. The Morgan fingerprint density at radius 2 is 2.00 bits per heavy atom. The quantitative estimate of drug-likeness (QED) is 0.715. The molecule has 0 saturated heterocycles. The molecule has 132 valence electrons. The molecule has 1 aromatic heterocycles. The van der Waals surface area contributed by atoms with Gasteiger partial charge in [0, 0.05) is 22.7 Å². The van der Waals surface area contributed by atoms with Gasteiger partial charge < -0.3 is 14.6 Å². The second-order valence-corrected chi connectivity index (χ2v) is 6.52. The van der Waals surface area contributed by atoms with Gasteiger partial charge in [-0.1, -0.05) is 28.9 Å². The van der Waals surface area contributed by atoms with E-state index in [2.05, 4.69) is 15.5 Å². The minimum absolute atomic E-state index is 0.232. The molecule has 0 unspecified atom stereocenters. The number of nitrogens with one attached hydrogen (secondary N) is 1. The maximum absolute atomic E-state index is 12.4. The summed E-state index contributed by atoms with van der Waals surface area (Å²) in [7, 11) is 1.54. The van der Waals surface area contributed by atoms with E-state index < -0.39 is 0 Å². The molecule has 3 aromatic rings. The molecule has 4 rings (SSSR count). The third-order valence-corrected chi connectivity index (χ3v) is 4.48. The van der Waals surface area contributed by atoms with Crippen LogP contribution in [0.5, 0.6) is 5.75 Å². The summed E-state index contributed by atoms with van der Waals surface area (Å²) in [5.41, 5.74) is 1.92. The number of carbonyl (C=O) groups excluding carboxylic acids is 1. The van der Waals surface area contributed by atoms with Crippen molar-refractivity contribution in [1.82, 2.24) is 10.1 Å². The lowest BCUT2D eigenvalue weighted by molar-refractivity contribution is 0.102. The molecule has 1 heterocycles. The monoisotopic (exact) mass is 369 g/mol. The van der Waals surface area contributed by atoms with Gasteiger partial charge in [-0.2, -0.15) is 4.98 Å². The van der Waals surface area contributed by atoms with Gasteiger partial charge >= 0.3 is 0 Å². The lowest BCUT2D eigenvalue weighted by Crippen LogP contribution is -2.11. The number of hydrogen-bond donors (Lipinski definition) is 1. The van der Waals surface area contributed by atoms with Gasteiger partial charge in [0.05, 0.1) is 12.1 Å². The maximum Gasteiger partial charge on any atom is 0.255 e. The maximum atomic E-state index is 12.4. The van der Waals surface area contributed by atoms with Crippen LogP contribution in [-0.2, 0) is 0 Å². The highest BCUT2D eigenvalue weighted by Gasteiger charge is 2.29. The van der Waals surface area contributed by atoms with E-state index in [0.717, 1.165) is 18.4 Å². The van der Waals surface area contributed by atoms with Crippen LogP contribution < -0.4 is 10.1 Å². The number of benzene rings is 2. The summed E-state index contributed by atoms with van der Waals surface area (Å²) in [6, 6.07) is 12.1. The molecule has 0 atom stereocenters. The summed E-state index contributed by atoms with van der Waals surface area (Å²) < 4.78 is 10.4. The first-order valence-electron chi connectivity index (χ1n) is 8.23. The van der Waals surface area contributed by atoms with Crippen LogP contribution in [0, 0.1) is 0 Å². The number of hydrogen-bond acceptors (Lipinski definition) is 5. The van der Waals surface area contributed by atoms with E-state index in [-0.39, 0.29) is 5.91 Å². The highest BCUT2D eigenvalue weighted by atomic mass is 35.5. The predicted molar refractivity (Wildman–Crippen MR) is 97.7 cm³/mol. The first-order valence-corrected chi connectivity index (χ1v) is 8.61. The van der Waals surface area contributed by atoms with Gasteiger partial charge in [0.25, 0.3) is 5.91 Å². The van der Waals surface area contributed by atoms with Crippen molar-refractivity contribution in [3.8, 4) is 17.1 Å². The molecule has 7 heteroatoms. The van der Waals surface area contributed by atoms with E-state index in [0.29, 0.717) is 39.7 Å². The summed E-state index contributed by atoms with van der Waals surface area (Å²) in [6.45, 7) is 0. The molecule has 1 aliphatic carbocycles. The van der Waals surface area contributed by atoms with Gasteiger partial charge in [-0.3, -0.25) is 4.79 Å². The third-order valence-electron chi connectivity index (χ3n) is 4.18. The summed E-state index contributed by atoms with van der Waals surface area (Å²) in [5.74, 6) is 1.97. The smallest absolute Gasteiger partial charge is 0.255 e. The van der Waals surface area contributed by atoms with Gasteiger partial charge in [-0.15, -0.1) is 0 Å². The predicted octanol–water partition coefficient (Wildman–Crippen LogP) is 4.53. The molecule has 1 N–H and O–H groups in total. The van der Waals surface area contributed by atoms with Gasteiger partial charge in [0.1, 0.15) is 5.75 Å². The normalized spacial score (nSPS) is 13.5. The van der Waals surface area contributed by atoms with Crippen LogP contribution in [0.2, 0.25) is 5.02 Å². The second-order valence-electron chi connectivity index (χ2n) is 6.11. The van der Waals surface area contributed by atoms with Gasteiger partial charge in [-0.25, -0.2) is 0 Å². The van der Waals surface area contributed by atoms with Gasteiger partial charge in [-0.05, 0) is 43.2 Å². The zero-order chi connectivity index (χ0) is 18.1. The van der Waals surface area contributed by atoms with E-state index in [4.69, 9.17) is 20.9 Å². The fraction of sp³-hybridized carbons (Fsp3) is 0.211. The van der Waals surface area contributed by atoms with Crippen LogP contribution in [0.15, 0.2) is 47.0 Å². The Balaban J connectivity index is 1.47. The fourth-order valence-corrected chi connectivity index (χ4v) is 2.82. The Hall–Kier alpha value is -2.86. The van der Waals surface area contributed by atoms with E-state index in [1.54, 1.807) is 49.6 Å². The molecule has 0 bridgehead atoms. The SMILES string of the molecule is COc1ccc(NC(=O)c2ccc(-c3noc(C4CC4)n3)cc2)cc1Cl. The van der Waals surface area contributed by atoms with Crippen LogP contribution >= 0.6 is 11.6 Å². The van der Waals surface area contributed by atoms with Crippen molar-refractivity contribution in [2.45, 2.75) is 18.8 Å². The summed E-state index contributed by atoms with van der Waals surface area (Å²) >= 11 is 6.08. The van der Waals surface area contributed by atoms with Gasteiger partial charge in [0.2, 0.25) is 11.7 Å². The Morgan fingerprint density at radius 1 is 1.23 bits per heavy atom. The summed E-state index contributed by atoms with van der Waals surface area (Å²) in [4.78, 5) is 16.8. The van der Waals surface area contributed by atoms with E-state index in [1.165, 1.54) is 0 Å². The fourth-order valence-electron chi connectivity index (χ4n) is 2.57. The average molecular weight is 370 g/mol. The first-order chi connectivity index (χ1) is 12.6. The number of rotatable bonds is 5. The van der Waals surface area contributed by atoms with Crippen molar-refractivity contribution in [2.24, 2.45) is 0 Å². The molecule has 1 amide bonds. The number of anilines is 1. The van der Waals surface area contributed by atoms with Crippen molar-refractivity contribution in [2.75, 3.05) is 12.4 Å². The van der Waals surface area contributed by atoms with Crippen molar-refractivity contribution >= 4 is 23.2 Å². The Labute approximate surface area is 155 Å². The zero-order valence-electron chi connectivity index (χ0n) is 14.0. The number of nitrogens with zero attached hydrogens (tertiary/aromatic N) is 2. The summed E-state index contributed by atoms with van der Waals surface area (Å²) in [5, 5.41) is 7.25. The lowest BCUT2D eigenvalue weighted by Gasteiger charge is -2.08. The van der Waals surface area contributed by atoms with Crippen molar-refractivity contribution < 1.29 is 14.1 Å². The number of amides is 1. The number of methoxy groups -OCH3 is 1. The van der Waals surface area contributed by atoms with Crippen molar-refractivity contribution in [1.29, 1.82) is 0 Å². The van der Waals surface area contributed by atoms with E-state index >= 15 is 0 Å². The number of aromatic nitrogens is 2. The van der Waals surface area contributed by atoms with Crippen LogP contribution in [0.1, 0.15) is 35.0 Å². The van der Waals surface area contributed by atoms with Crippen molar-refractivity contribution in [3.63, 3.8) is 0 Å². The highest BCUT2D eigenvalue weighted by molar-refractivity contribution is 6.32. The molecular formula is C19H16ClN3O3. The summed E-state index contributed by atoms with van der Waals surface area (Å²) in [6.07, 6.45) is 2.21. The van der Waals surface area contributed by atoms with Crippen LogP contribution in [0.4, 0.5) is 5.69 Å². The molecule has 1 fully saturated rings. The third kappa shape index (κ3) is 3.41.